The fourth-order valence-corrected chi connectivity index (χ4v) is 3.31. The van der Waals surface area contributed by atoms with Gasteiger partial charge in [0, 0.05) is 11.6 Å². The second-order valence-corrected chi connectivity index (χ2v) is 6.30. The molecule has 2 aliphatic rings. The molecule has 1 saturated carbocycles. The van der Waals surface area contributed by atoms with Crippen LogP contribution in [0.25, 0.3) is 0 Å². The van der Waals surface area contributed by atoms with Gasteiger partial charge >= 0.3 is 6.09 Å². The van der Waals surface area contributed by atoms with Crippen LogP contribution in [0.15, 0.2) is 12.1 Å². The van der Waals surface area contributed by atoms with Crippen LogP contribution in [0.5, 0.6) is 5.75 Å². The number of hydrogen-bond acceptors (Lipinski definition) is 3. The molecule has 1 aromatic carbocycles. The van der Waals surface area contributed by atoms with Crippen LogP contribution in [-0.2, 0) is 17.6 Å². The van der Waals surface area contributed by atoms with E-state index in [0.29, 0.717) is 6.10 Å². The molecule has 0 aromatic heterocycles. The van der Waals surface area contributed by atoms with Gasteiger partial charge in [-0.3, -0.25) is 4.90 Å². The Hall–Kier alpha value is -1.71. The van der Waals surface area contributed by atoms with Gasteiger partial charge in [0.15, 0.2) is 0 Å². The van der Waals surface area contributed by atoms with Crippen molar-refractivity contribution in [3.63, 3.8) is 0 Å². The van der Waals surface area contributed by atoms with E-state index >= 15 is 0 Å². The maximum absolute atomic E-state index is 12.2. The average Bonchev–Trinajstić information content (AvgIpc) is 2.49. The first-order chi connectivity index (χ1) is 10.7. The van der Waals surface area contributed by atoms with Gasteiger partial charge in [-0.05, 0) is 57.1 Å². The van der Waals surface area contributed by atoms with Gasteiger partial charge in [0.05, 0.1) is 18.9 Å². The fraction of sp³-hybridized carbons (Fsp3) is 0.611. The summed E-state index contributed by atoms with van der Waals surface area (Å²) in [5.74, 6) is 1.02. The highest BCUT2D eigenvalue weighted by atomic mass is 16.5. The Balaban J connectivity index is 2.02. The predicted octanol–water partition coefficient (Wildman–Crippen LogP) is 4.09. The number of rotatable bonds is 3. The minimum Gasteiger partial charge on any atom is -0.490 e. The monoisotopic (exact) mass is 303 g/mol. The van der Waals surface area contributed by atoms with Crippen molar-refractivity contribution in [1.29, 1.82) is 0 Å². The minimum atomic E-state index is -0.285. The van der Waals surface area contributed by atoms with E-state index in [1.807, 2.05) is 6.07 Å². The Bertz CT molecular complexity index is 566. The average molecular weight is 303 g/mol. The maximum Gasteiger partial charge on any atom is 0.414 e. The molecule has 4 heteroatoms. The van der Waals surface area contributed by atoms with Crippen LogP contribution < -0.4 is 9.64 Å². The standard InChI is InChI=1S/C18H25NO3/c1-4-13-9-11-16-15(17(13)22-14-6-5-7-14)10-8-12(2)19(16)18(20)21-3/h9,11-12,14H,4-8,10H2,1-3H3. The molecule has 120 valence electrons. The summed E-state index contributed by atoms with van der Waals surface area (Å²) in [6.45, 7) is 4.22. The molecule has 0 radical (unpaired) electrons. The third-order valence-corrected chi connectivity index (χ3v) is 4.92. The van der Waals surface area contributed by atoms with Crippen molar-refractivity contribution in [2.45, 2.75) is 64.5 Å². The Morgan fingerprint density at radius 3 is 2.68 bits per heavy atom. The van der Waals surface area contributed by atoms with E-state index in [0.717, 1.165) is 43.5 Å². The van der Waals surface area contributed by atoms with E-state index in [9.17, 15) is 4.79 Å². The zero-order valence-corrected chi connectivity index (χ0v) is 13.7. The lowest BCUT2D eigenvalue weighted by molar-refractivity contribution is 0.117. The zero-order chi connectivity index (χ0) is 15.7. The van der Waals surface area contributed by atoms with Crippen molar-refractivity contribution in [3.8, 4) is 5.75 Å². The number of hydrogen-bond donors (Lipinski definition) is 0. The summed E-state index contributed by atoms with van der Waals surface area (Å²) in [6, 6.07) is 4.30. The van der Waals surface area contributed by atoms with Gasteiger partial charge in [-0.1, -0.05) is 13.0 Å². The largest absolute Gasteiger partial charge is 0.490 e. The molecule has 0 saturated heterocycles. The molecule has 1 atom stereocenters. The Kier molecular flexibility index (Phi) is 4.27. The SMILES string of the molecule is CCc1ccc2c(c1OC1CCC1)CCC(C)N2C(=O)OC. The number of ether oxygens (including phenoxy) is 2. The lowest BCUT2D eigenvalue weighted by Crippen LogP contribution is -2.42. The van der Waals surface area contributed by atoms with Gasteiger partial charge in [-0.2, -0.15) is 0 Å². The third kappa shape index (κ3) is 2.55. The molecule has 1 unspecified atom stereocenters. The minimum absolute atomic E-state index is 0.156. The quantitative estimate of drug-likeness (QED) is 0.844. The van der Waals surface area contributed by atoms with Gasteiger partial charge in [-0.25, -0.2) is 4.79 Å². The molecule has 1 amide bonds. The molecule has 1 aliphatic carbocycles. The lowest BCUT2D eigenvalue weighted by Gasteiger charge is -2.37. The molecular formula is C18H25NO3. The van der Waals surface area contributed by atoms with Crippen LogP contribution in [0.3, 0.4) is 0 Å². The van der Waals surface area contributed by atoms with Crippen LogP contribution in [0.1, 0.15) is 50.7 Å². The zero-order valence-electron chi connectivity index (χ0n) is 13.7. The maximum atomic E-state index is 12.2. The molecule has 0 bridgehead atoms. The van der Waals surface area contributed by atoms with Crippen molar-refractivity contribution in [2.75, 3.05) is 12.0 Å². The first kappa shape index (κ1) is 15.2. The highest BCUT2D eigenvalue weighted by Gasteiger charge is 2.32. The number of fused-ring (bicyclic) bond motifs is 1. The van der Waals surface area contributed by atoms with Gasteiger partial charge < -0.3 is 9.47 Å². The van der Waals surface area contributed by atoms with Crippen LogP contribution in [-0.4, -0.2) is 25.3 Å². The number of carbonyl (C=O) groups is 1. The number of carbonyl (C=O) groups excluding carboxylic acids is 1. The molecule has 1 aromatic rings. The lowest BCUT2D eigenvalue weighted by atomic mass is 9.92. The summed E-state index contributed by atoms with van der Waals surface area (Å²) in [7, 11) is 1.44. The van der Waals surface area contributed by atoms with Crippen LogP contribution >= 0.6 is 0 Å². The van der Waals surface area contributed by atoms with Gasteiger partial charge in [0.1, 0.15) is 5.75 Å². The Morgan fingerprint density at radius 1 is 1.32 bits per heavy atom. The normalized spacial score (nSPS) is 21.0. The summed E-state index contributed by atoms with van der Waals surface area (Å²) < 4.78 is 11.3. The highest BCUT2D eigenvalue weighted by Crippen LogP contribution is 2.41. The van der Waals surface area contributed by atoms with Crippen LogP contribution in [0.2, 0.25) is 0 Å². The van der Waals surface area contributed by atoms with Crippen molar-refractivity contribution in [2.24, 2.45) is 0 Å². The summed E-state index contributed by atoms with van der Waals surface area (Å²) in [6.07, 6.45) is 6.45. The van der Waals surface area contributed by atoms with Crippen molar-refractivity contribution in [1.82, 2.24) is 0 Å². The number of methoxy groups -OCH3 is 1. The fourth-order valence-electron chi connectivity index (χ4n) is 3.31. The van der Waals surface area contributed by atoms with Crippen LogP contribution in [0, 0.1) is 0 Å². The van der Waals surface area contributed by atoms with Gasteiger partial charge in [-0.15, -0.1) is 0 Å². The molecule has 3 rings (SSSR count). The Labute approximate surface area is 132 Å². The predicted molar refractivity (Wildman–Crippen MR) is 86.8 cm³/mol. The second-order valence-electron chi connectivity index (χ2n) is 6.30. The van der Waals surface area contributed by atoms with E-state index in [1.54, 1.807) is 4.90 Å². The van der Waals surface area contributed by atoms with Crippen molar-refractivity contribution < 1.29 is 14.3 Å². The van der Waals surface area contributed by atoms with E-state index < -0.39 is 0 Å². The molecule has 1 aliphatic heterocycles. The van der Waals surface area contributed by atoms with E-state index in [4.69, 9.17) is 9.47 Å². The first-order valence-electron chi connectivity index (χ1n) is 8.34. The number of aryl methyl sites for hydroxylation is 1. The second kappa shape index (κ2) is 6.19. The number of amides is 1. The molecular weight excluding hydrogens is 278 g/mol. The van der Waals surface area contributed by atoms with E-state index in [-0.39, 0.29) is 12.1 Å². The molecule has 22 heavy (non-hydrogen) atoms. The summed E-state index contributed by atoms with van der Waals surface area (Å²) in [5, 5.41) is 0. The number of nitrogens with zero attached hydrogens (tertiary/aromatic N) is 1. The van der Waals surface area contributed by atoms with Gasteiger partial charge in [0.2, 0.25) is 0 Å². The highest BCUT2D eigenvalue weighted by molar-refractivity contribution is 5.90. The van der Waals surface area contributed by atoms with E-state index in [1.165, 1.54) is 24.7 Å². The van der Waals surface area contributed by atoms with E-state index in [2.05, 4.69) is 19.9 Å². The molecule has 4 nitrogen and oxygen atoms in total. The molecule has 0 N–H and O–H groups in total. The molecule has 1 fully saturated rings. The van der Waals surface area contributed by atoms with Gasteiger partial charge in [0.25, 0.3) is 0 Å². The summed E-state index contributed by atoms with van der Waals surface area (Å²) in [4.78, 5) is 13.9. The summed E-state index contributed by atoms with van der Waals surface area (Å²) in [5.41, 5.74) is 3.37. The Morgan fingerprint density at radius 2 is 2.09 bits per heavy atom. The van der Waals surface area contributed by atoms with Crippen LogP contribution in [0.4, 0.5) is 10.5 Å². The smallest absolute Gasteiger partial charge is 0.414 e. The number of anilines is 1. The van der Waals surface area contributed by atoms with Crippen molar-refractivity contribution >= 4 is 11.8 Å². The molecule has 1 heterocycles. The third-order valence-electron chi connectivity index (χ3n) is 4.92. The first-order valence-corrected chi connectivity index (χ1v) is 8.34. The topological polar surface area (TPSA) is 38.8 Å². The van der Waals surface area contributed by atoms with Crippen molar-refractivity contribution in [3.05, 3.63) is 23.3 Å². The number of benzene rings is 1. The summed E-state index contributed by atoms with van der Waals surface area (Å²) >= 11 is 0. The molecule has 0 spiro atoms.